The van der Waals surface area contributed by atoms with Crippen molar-refractivity contribution in [3.63, 3.8) is 0 Å². The zero-order valence-corrected chi connectivity index (χ0v) is 13.8. The van der Waals surface area contributed by atoms with Crippen molar-refractivity contribution in [2.45, 2.75) is 19.4 Å². The largest absolute Gasteiger partial charge is 0.466 e. The van der Waals surface area contributed by atoms with Crippen LogP contribution in [0.2, 0.25) is 0 Å². The van der Waals surface area contributed by atoms with E-state index in [0.717, 1.165) is 14.5 Å². The highest BCUT2D eigenvalue weighted by molar-refractivity contribution is 9.11. The molecule has 0 aromatic heterocycles. The second kappa shape index (κ2) is 7.99. The van der Waals surface area contributed by atoms with Crippen LogP contribution in [0.4, 0.5) is 5.69 Å². The van der Waals surface area contributed by atoms with E-state index < -0.39 is 6.04 Å². The quantitative estimate of drug-likeness (QED) is 0.599. The first-order chi connectivity index (χ1) is 7.95. The second-order valence-electron chi connectivity index (χ2n) is 3.51. The van der Waals surface area contributed by atoms with E-state index in [4.69, 9.17) is 16.2 Å². The van der Waals surface area contributed by atoms with Gasteiger partial charge in [0.15, 0.2) is 0 Å². The summed E-state index contributed by atoms with van der Waals surface area (Å²) in [5.41, 5.74) is 13.1. The van der Waals surface area contributed by atoms with Crippen LogP contribution in [-0.2, 0) is 9.53 Å². The summed E-state index contributed by atoms with van der Waals surface area (Å²) in [6.07, 6.45) is 0.112. The maximum absolute atomic E-state index is 11.3. The number of anilines is 1. The molecule has 1 atom stereocenters. The minimum Gasteiger partial charge on any atom is -0.466 e. The third kappa shape index (κ3) is 4.76. The number of benzene rings is 1. The molecule has 0 saturated carbocycles. The lowest BCUT2D eigenvalue weighted by molar-refractivity contribution is -0.143. The van der Waals surface area contributed by atoms with Gasteiger partial charge in [0.2, 0.25) is 0 Å². The Bertz CT molecular complexity index is 430. The van der Waals surface area contributed by atoms with Crippen molar-refractivity contribution in [1.82, 2.24) is 0 Å². The monoisotopic (exact) mass is 400 g/mol. The summed E-state index contributed by atoms with van der Waals surface area (Å²) in [5.74, 6) is -0.324. The standard InChI is InChI=1S/C11H14Br2N2O2.ClH/c1-2-17-10(16)5-9(14)7-3-6(12)4-8(13)11(7)15;/h3-4,9H,2,5,14-15H2,1H3;1H/t9-;/m0./s1. The van der Waals surface area contributed by atoms with Crippen LogP contribution < -0.4 is 11.5 Å². The lowest BCUT2D eigenvalue weighted by atomic mass is 10.0. The van der Waals surface area contributed by atoms with E-state index in [2.05, 4.69) is 31.9 Å². The van der Waals surface area contributed by atoms with Gasteiger partial charge in [0.1, 0.15) is 0 Å². The fourth-order valence-corrected chi connectivity index (χ4v) is 2.68. The van der Waals surface area contributed by atoms with Gasteiger partial charge in [-0.15, -0.1) is 12.4 Å². The smallest absolute Gasteiger partial charge is 0.307 e. The minimum absolute atomic E-state index is 0. The SMILES string of the molecule is CCOC(=O)C[C@H](N)c1cc(Br)cc(Br)c1N.Cl. The first-order valence-electron chi connectivity index (χ1n) is 5.11. The van der Waals surface area contributed by atoms with Gasteiger partial charge in [-0.1, -0.05) is 15.9 Å². The van der Waals surface area contributed by atoms with Gasteiger partial charge in [0.25, 0.3) is 0 Å². The molecule has 1 aromatic carbocycles. The molecule has 0 amide bonds. The number of esters is 1. The molecule has 0 aliphatic rings. The van der Waals surface area contributed by atoms with E-state index >= 15 is 0 Å². The fourth-order valence-electron chi connectivity index (χ4n) is 1.42. The van der Waals surface area contributed by atoms with Gasteiger partial charge in [0.05, 0.1) is 18.7 Å². The van der Waals surface area contributed by atoms with Gasteiger partial charge < -0.3 is 16.2 Å². The number of hydrogen-bond donors (Lipinski definition) is 2. The molecule has 4 N–H and O–H groups in total. The third-order valence-corrected chi connectivity index (χ3v) is 3.33. The van der Waals surface area contributed by atoms with Crippen molar-refractivity contribution in [2.75, 3.05) is 12.3 Å². The number of rotatable bonds is 4. The lowest BCUT2D eigenvalue weighted by Crippen LogP contribution is -2.18. The first-order valence-corrected chi connectivity index (χ1v) is 6.70. The molecule has 7 heteroatoms. The van der Waals surface area contributed by atoms with E-state index in [1.165, 1.54) is 0 Å². The molecule has 0 aliphatic carbocycles. The third-order valence-electron chi connectivity index (χ3n) is 2.22. The Balaban J connectivity index is 0.00000289. The summed E-state index contributed by atoms with van der Waals surface area (Å²) in [5, 5.41) is 0. The predicted molar refractivity (Wildman–Crippen MR) is 81.7 cm³/mol. The number of hydrogen-bond acceptors (Lipinski definition) is 4. The number of nitrogen functional groups attached to an aromatic ring is 1. The van der Waals surface area contributed by atoms with E-state index in [1.807, 2.05) is 12.1 Å². The molecule has 0 aliphatic heterocycles. The highest BCUT2D eigenvalue weighted by Crippen LogP contribution is 2.32. The van der Waals surface area contributed by atoms with Crippen LogP contribution in [0.3, 0.4) is 0 Å². The Morgan fingerprint density at radius 3 is 2.61 bits per heavy atom. The van der Waals surface area contributed by atoms with Gasteiger partial charge in [-0.05, 0) is 40.5 Å². The summed E-state index contributed by atoms with van der Waals surface area (Å²) in [6, 6.07) is 3.17. The van der Waals surface area contributed by atoms with E-state index in [0.29, 0.717) is 12.3 Å². The zero-order valence-electron chi connectivity index (χ0n) is 9.78. The molecule has 0 radical (unpaired) electrons. The molecule has 0 bridgehead atoms. The van der Waals surface area contributed by atoms with Gasteiger partial charge in [-0.3, -0.25) is 4.79 Å². The lowest BCUT2D eigenvalue weighted by Gasteiger charge is -2.15. The van der Waals surface area contributed by atoms with E-state index in [-0.39, 0.29) is 24.8 Å². The average Bonchev–Trinajstić information content (AvgIpc) is 2.23. The number of halogens is 3. The molecule has 0 heterocycles. The molecular formula is C11H15Br2ClN2O2. The molecule has 1 aromatic rings. The number of ether oxygens (including phenoxy) is 1. The van der Waals surface area contributed by atoms with Crippen molar-refractivity contribution in [1.29, 1.82) is 0 Å². The Kier molecular flexibility index (Phi) is 7.86. The Hall–Kier alpha value is -0.300. The van der Waals surface area contributed by atoms with Crippen LogP contribution in [-0.4, -0.2) is 12.6 Å². The van der Waals surface area contributed by atoms with Crippen molar-refractivity contribution < 1.29 is 9.53 Å². The van der Waals surface area contributed by atoms with Crippen LogP contribution in [0, 0.1) is 0 Å². The van der Waals surface area contributed by atoms with Gasteiger partial charge >= 0.3 is 5.97 Å². The Morgan fingerprint density at radius 2 is 2.06 bits per heavy atom. The molecule has 0 fully saturated rings. The number of carbonyl (C=O) groups is 1. The Labute approximate surface area is 129 Å². The number of carbonyl (C=O) groups excluding carboxylic acids is 1. The molecule has 102 valence electrons. The maximum atomic E-state index is 11.3. The van der Waals surface area contributed by atoms with Gasteiger partial charge in [-0.25, -0.2) is 0 Å². The van der Waals surface area contributed by atoms with Crippen LogP contribution >= 0.6 is 44.3 Å². The van der Waals surface area contributed by atoms with Crippen molar-refractivity contribution in [2.24, 2.45) is 5.73 Å². The summed E-state index contributed by atoms with van der Waals surface area (Å²) in [6.45, 7) is 2.11. The Morgan fingerprint density at radius 1 is 1.44 bits per heavy atom. The summed E-state index contributed by atoms with van der Waals surface area (Å²) in [7, 11) is 0. The van der Waals surface area contributed by atoms with Crippen molar-refractivity contribution in [3.05, 3.63) is 26.6 Å². The van der Waals surface area contributed by atoms with Crippen LogP contribution in [0.5, 0.6) is 0 Å². The molecule has 0 saturated heterocycles. The molecule has 18 heavy (non-hydrogen) atoms. The highest BCUT2D eigenvalue weighted by Gasteiger charge is 2.17. The fraction of sp³-hybridized carbons (Fsp3) is 0.364. The normalized spacial score (nSPS) is 11.6. The summed E-state index contributed by atoms with van der Waals surface area (Å²) < 4.78 is 6.46. The van der Waals surface area contributed by atoms with Gasteiger partial charge in [-0.2, -0.15) is 0 Å². The van der Waals surface area contributed by atoms with Crippen molar-refractivity contribution >= 4 is 55.9 Å². The van der Waals surface area contributed by atoms with Crippen molar-refractivity contribution in [3.8, 4) is 0 Å². The molecule has 4 nitrogen and oxygen atoms in total. The maximum Gasteiger partial charge on any atom is 0.307 e. The summed E-state index contributed by atoms with van der Waals surface area (Å²) in [4.78, 5) is 11.3. The minimum atomic E-state index is -0.470. The molecule has 1 rings (SSSR count). The molecular weight excluding hydrogens is 387 g/mol. The predicted octanol–water partition coefficient (Wildman–Crippen LogP) is 3.17. The van der Waals surface area contributed by atoms with E-state index in [9.17, 15) is 4.79 Å². The number of nitrogens with two attached hydrogens (primary N) is 2. The van der Waals surface area contributed by atoms with Gasteiger partial charge in [0, 0.05) is 15.0 Å². The first kappa shape index (κ1) is 17.7. The van der Waals surface area contributed by atoms with Crippen LogP contribution in [0.15, 0.2) is 21.1 Å². The second-order valence-corrected chi connectivity index (χ2v) is 5.28. The zero-order chi connectivity index (χ0) is 13.0. The van der Waals surface area contributed by atoms with E-state index in [1.54, 1.807) is 6.92 Å². The topological polar surface area (TPSA) is 78.3 Å². The highest BCUT2D eigenvalue weighted by atomic mass is 79.9. The average molecular weight is 403 g/mol. The molecule has 0 spiro atoms. The van der Waals surface area contributed by atoms with Crippen LogP contribution in [0.1, 0.15) is 24.9 Å². The van der Waals surface area contributed by atoms with Crippen LogP contribution in [0.25, 0.3) is 0 Å². The molecule has 0 unspecified atom stereocenters. The summed E-state index contributed by atoms with van der Waals surface area (Å²) >= 11 is 6.69.